The van der Waals surface area contributed by atoms with Crippen molar-refractivity contribution < 1.29 is 9.53 Å². The molecule has 0 bridgehead atoms. The highest BCUT2D eigenvalue weighted by atomic mass is 16.5. The van der Waals surface area contributed by atoms with E-state index in [4.69, 9.17) is 10.5 Å². The van der Waals surface area contributed by atoms with Crippen LogP contribution in [-0.2, 0) is 11.3 Å². The first-order valence-electron chi connectivity index (χ1n) is 9.81. The molecule has 5 nitrogen and oxygen atoms in total. The number of nitrogens with two attached hydrogens (primary N) is 1. The van der Waals surface area contributed by atoms with Crippen LogP contribution in [0.25, 0.3) is 0 Å². The first kappa shape index (κ1) is 19.1. The normalized spacial score (nSPS) is 14.6. The molecule has 144 valence electrons. The van der Waals surface area contributed by atoms with Crippen molar-refractivity contribution in [2.45, 2.75) is 51.6 Å². The molecule has 5 heteroatoms. The van der Waals surface area contributed by atoms with Gasteiger partial charge in [0.15, 0.2) is 0 Å². The number of ether oxygens (including phenoxy) is 1. The molecule has 0 heterocycles. The zero-order chi connectivity index (χ0) is 19.1. The third-order valence-electron chi connectivity index (χ3n) is 4.96. The molecular formula is C22H29N3O2. The second-order valence-electron chi connectivity index (χ2n) is 7.06. The topological polar surface area (TPSA) is 76.4 Å². The van der Waals surface area contributed by atoms with Gasteiger partial charge in [0.25, 0.3) is 0 Å². The maximum atomic E-state index is 12.1. The fourth-order valence-corrected chi connectivity index (χ4v) is 3.46. The van der Waals surface area contributed by atoms with Crippen molar-refractivity contribution in [2.24, 2.45) is 0 Å². The molecule has 4 N–H and O–H groups in total. The van der Waals surface area contributed by atoms with Crippen molar-refractivity contribution in [3.63, 3.8) is 0 Å². The molecule has 0 saturated heterocycles. The number of benzene rings is 2. The van der Waals surface area contributed by atoms with E-state index in [-0.39, 0.29) is 5.97 Å². The maximum Gasteiger partial charge on any atom is 0.338 e. The number of esters is 1. The predicted octanol–water partition coefficient (Wildman–Crippen LogP) is 4.80. The van der Waals surface area contributed by atoms with Gasteiger partial charge in [-0.05, 0) is 55.7 Å². The summed E-state index contributed by atoms with van der Waals surface area (Å²) >= 11 is 0. The molecule has 27 heavy (non-hydrogen) atoms. The molecular weight excluding hydrogens is 338 g/mol. The molecule has 0 atom stereocenters. The molecule has 1 aliphatic carbocycles. The van der Waals surface area contributed by atoms with Crippen LogP contribution in [0.2, 0.25) is 0 Å². The Bertz CT molecular complexity index is 753. The predicted molar refractivity (Wildman–Crippen MR) is 111 cm³/mol. The van der Waals surface area contributed by atoms with E-state index >= 15 is 0 Å². The van der Waals surface area contributed by atoms with Crippen LogP contribution >= 0.6 is 0 Å². The fourth-order valence-electron chi connectivity index (χ4n) is 3.46. The first-order valence-corrected chi connectivity index (χ1v) is 9.81. The highest BCUT2D eigenvalue weighted by Gasteiger charge is 2.16. The highest BCUT2D eigenvalue weighted by molar-refractivity contribution is 5.92. The lowest BCUT2D eigenvalue weighted by atomic mass is 9.95. The Labute approximate surface area is 161 Å². The van der Waals surface area contributed by atoms with Gasteiger partial charge in [-0.15, -0.1) is 0 Å². The van der Waals surface area contributed by atoms with Gasteiger partial charge in [0.2, 0.25) is 0 Å². The molecule has 1 aliphatic rings. The van der Waals surface area contributed by atoms with Crippen molar-refractivity contribution in [1.82, 2.24) is 0 Å². The lowest BCUT2D eigenvalue weighted by molar-refractivity contribution is 0.0526. The Morgan fingerprint density at radius 2 is 1.81 bits per heavy atom. The van der Waals surface area contributed by atoms with Crippen molar-refractivity contribution in [1.29, 1.82) is 0 Å². The number of hydrogen-bond acceptors (Lipinski definition) is 5. The van der Waals surface area contributed by atoms with E-state index < -0.39 is 0 Å². The minimum atomic E-state index is -0.294. The molecule has 0 aromatic heterocycles. The van der Waals surface area contributed by atoms with Crippen LogP contribution in [0, 0.1) is 0 Å². The van der Waals surface area contributed by atoms with Crippen molar-refractivity contribution in [2.75, 3.05) is 23.0 Å². The van der Waals surface area contributed by atoms with Crippen LogP contribution in [0.1, 0.15) is 54.9 Å². The SMILES string of the molecule is CCOC(=O)c1ccc(NC2CCCCC2)c(NCc2ccc(N)cc2)c1. The maximum absolute atomic E-state index is 12.1. The van der Waals surface area contributed by atoms with Crippen LogP contribution in [0.5, 0.6) is 0 Å². The minimum absolute atomic E-state index is 0.294. The molecule has 0 amide bonds. The van der Waals surface area contributed by atoms with Crippen molar-refractivity contribution in [3.05, 3.63) is 53.6 Å². The summed E-state index contributed by atoms with van der Waals surface area (Å²) in [6.45, 7) is 2.85. The van der Waals surface area contributed by atoms with Crippen LogP contribution in [-0.4, -0.2) is 18.6 Å². The average molecular weight is 367 g/mol. The molecule has 0 spiro atoms. The third kappa shape index (κ3) is 5.39. The zero-order valence-electron chi connectivity index (χ0n) is 16.0. The van der Waals surface area contributed by atoms with E-state index in [1.165, 1.54) is 32.1 Å². The van der Waals surface area contributed by atoms with Crippen LogP contribution in [0.3, 0.4) is 0 Å². The summed E-state index contributed by atoms with van der Waals surface area (Å²) in [5, 5.41) is 7.12. The number of nitrogens with one attached hydrogen (secondary N) is 2. The Morgan fingerprint density at radius 3 is 2.52 bits per heavy atom. The summed E-state index contributed by atoms with van der Waals surface area (Å²) in [7, 11) is 0. The first-order chi connectivity index (χ1) is 13.2. The van der Waals surface area contributed by atoms with E-state index in [0.29, 0.717) is 24.8 Å². The van der Waals surface area contributed by atoms with Gasteiger partial charge in [0.1, 0.15) is 0 Å². The second kappa shape index (κ2) is 9.31. The van der Waals surface area contributed by atoms with Gasteiger partial charge in [-0.1, -0.05) is 31.4 Å². The molecule has 0 aliphatic heterocycles. The molecule has 2 aromatic rings. The highest BCUT2D eigenvalue weighted by Crippen LogP contribution is 2.28. The van der Waals surface area contributed by atoms with Crippen LogP contribution in [0.4, 0.5) is 17.1 Å². The largest absolute Gasteiger partial charge is 0.462 e. The molecule has 0 radical (unpaired) electrons. The Hall–Kier alpha value is -2.69. The van der Waals surface area contributed by atoms with Crippen LogP contribution in [0.15, 0.2) is 42.5 Å². The van der Waals surface area contributed by atoms with E-state index in [1.807, 2.05) is 49.4 Å². The summed E-state index contributed by atoms with van der Waals surface area (Å²) in [4.78, 5) is 12.1. The third-order valence-corrected chi connectivity index (χ3v) is 4.96. The Morgan fingerprint density at radius 1 is 1.07 bits per heavy atom. The van der Waals surface area contributed by atoms with Gasteiger partial charge in [-0.3, -0.25) is 0 Å². The molecule has 1 saturated carbocycles. The lowest BCUT2D eigenvalue weighted by Crippen LogP contribution is -2.23. The van der Waals surface area contributed by atoms with Gasteiger partial charge < -0.3 is 21.1 Å². The molecule has 2 aromatic carbocycles. The van der Waals surface area contributed by atoms with Gasteiger partial charge in [0.05, 0.1) is 23.5 Å². The van der Waals surface area contributed by atoms with Gasteiger partial charge >= 0.3 is 5.97 Å². The summed E-state index contributed by atoms with van der Waals surface area (Å²) in [5.74, 6) is -0.294. The zero-order valence-corrected chi connectivity index (χ0v) is 16.0. The average Bonchev–Trinajstić information content (AvgIpc) is 2.69. The van der Waals surface area contributed by atoms with E-state index in [2.05, 4.69) is 10.6 Å². The minimum Gasteiger partial charge on any atom is -0.462 e. The van der Waals surface area contributed by atoms with Gasteiger partial charge in [-0.2, -0.15) is 0 Å². The number of carbonyl (C=O) groups excluding carboxylic acids is 1. The summed E-state index contributed by atoms with van der Waals surface area (Å²) in [6.07, 6.45) is 6.25. The quantitative estimate of drug-likeness (QED) is 0.484. The van der Waals surface area contributed by atoms with Crippen molar-refractivity contribution >= 4 is 23.0 Å². The summed E-state index contributed by atoms with van der Waals surface area (Å²) < 4.78 is 5.15. The van der Waals surface area contributed by atoms with Crippen LogP contribution < -0.4 is 16.4 Å². The number of nitrogen functional groups attached to an aromatic ring is 1. The second-order valence-corrected chi connectivity index (χ2v) is 7.06. The summed E-state index contributed by atoms with van der Waals surface area (Å²) in [5.41, 5.74) is 10.2. The monoisotopic (exact) mass is 367 g/mol. The smallest absolute Gasteiger partial charge is 0.338 e. The number of carbonyl (C=O) groups is 1. The number of rotatable bonds is 7. The van der Waals surface area contributed by atoms with E-state index in [9.17, 15) is 4.79 Å². The number of anilines is 3. The number of hydrogen-bond donors (Lipinski definition) is 3. The van der Waals surface area contributed by atoms with Gasteiger partial charge in [-0.25, -0.2) is 4.79 Å². The molecule has 1 fully saturated rings. The fraction of sp³-hybridized carbons (Fsp3) is 0.409. The van der Waals surface area contributed by atoms with Gasteiger partial charge in [0, 0.05) is 18.3 Å². The Balaban J connectivity index is 1.77. The lowest BCUT2D eigenvalue weighted by Gasteiger charge is -2.25. The Kier molecular flexibility index (Phi) is 6.58. The molecule has 3 rings (SSSR count). The summed E-state index contributed by atoms with van der Waals surface area (Å²) in [6, 6.07) is 14.0. The molecule has 0 unspecified atom stereocenters. The van der Waals surface area contributed by atoms with Crippen molar-refractivity contribution in [3.8, 4) is 0 Å². The standard InChI is InChI=1S/C22H29N3O2/c1-2-27-22(26)17-10-13-20(25-19-6-4-3-5-7-19)21(14-17)24-15-16-8-11-18(23)12-9-16/h8-14,19,24-25H,2-7,15,23H2,1H3. The van der Waals surface area contributed by atoms with E-state index in [0.717, 1.165) is 22.6 Å². The van der Waals surface area contributed by atoms with E-state index in [1.54, 1.807) is 0 Å².